The highest BCUT2D eigenvalue weighted by molar-refractivity contribution is 4.85. The molecule has 1 saturated carbocycles. The number of hydrogen-bond acceptors (Lipinski definition) is 3. The van der Waals surface area contributed by atoms with Crippen molar-refractivity contribution in [3.8, 4) is 0 Å². The highest BCUT2D eigenvalue weighted by atomic mass is 15.2. The molecule has 18 heavy (non-hydrogen) atoms. The van der Waals surface area contributed by atoms with E-state index >= 15 is 0 Å². The summed E-state index contributed by atoms with van der Waals surface area (Å²) in [7, 11) is 2.30. The average molecular weight is 253 g/mol. The Bertz CT molecular complexity index is 242. The Balaban J connectivity index is 1.69. The van der Waals surface area contributed by atoms with Gasteiger partial charge in [-0.05, 0) is 52.6 Å². The van der Waals surface area contributed by atoms with Gasteiger partial charge in [0, 0.05) is 38.3 Å². The van der Waals surface area contributed by atoms with Crippen LogP contribution in [-0.2, 0) is 0 Å². The van der Waals surface area contributed by atoms with Crippen LogP contribution in [0.4, 0.5) is 0 Å². The van der Waals surface area contributed by atoms with Crippen LogP contribution in [0.2, 0.25) is 0 Å². The molecule has 3 nitrogen and oxygen atoms in total. The standard InChI is InChI=1S/C15H31N3/c1-15(2,18-11-8-16-9-12-18)7-10-17(3)13-14-5-4-6-14/h14,16H,4-13H2,1-3H3. The van der Waals surface area contributed by atoms with Gasteiger partial charge in [-0.2, -0.15) is 0 Å². The minimum atomic E-state index is 0.357. The highest BCUT2D eigenvalue weighted by Gasteiger charge is 2.28. The van der Waals surface area contributed by atoms with Crippen molar-refractivity contribution in [2.45, 2.75) is 45.1 Å². The third kappa shape index (κ3) is 3.94. The van der Waals surface area contributed by atoms with Gasteiger partial charge in [0.25, 0.3) is 0 Å². The lowest BCUT2D eigenvalue weighted by atomic mass is 9.85. The molecule has 2 aliphatic rings. The Hall–Kier alpha value is -0.120. The van der Waals surface area contributed by atoms with Crippen LogP contribution in [0.5, 0.6) is 0 Å². The van der Waals surface area contributed by atoms with Crippen molar-refractivity contribution in [3.63, 3.8) is 0 Å². The first kappa shape index (κ1) is 14.3. The molecule has 2 fully saturated rings. The van der Waals surface area contributed by atoms with Crippen LogP contribution in [0, 0.1) is 5.92 Å². The van der Waals surface area contributed by atoms with Gasteiger partial charge in [0.1, 0.15) is 0 Å². The number of nitrogens with one attached hydrogen (secondary N) is 1. The van der Waals surface area contributed by atoms with Crippen LogP contribution in [0.15, 0.2) is 0 Å². The zero-order valence-electron chi connectivity index (χ0n) is 12.5. The van der Waals surface area contributed by atoms with Crippen LogP contribution >= 0.6 is 0 Å². The summed E-state index contributed by atoms with van der Waals surface area (Å²) < 4.78 is 0. The van der Waals surface area contributed by atoms with Crippen LogP contribution in [-0.4, -0.2) is 61.7 Å². The highest BCUT2D eigenvalue weighted by Crippen LogP contribution is 2.27. The molecule has 106 valence electrons. The summed E-state index contributed by atoms with van der Waals surface area (Å²) in [5.74, 6) is 0.997. The van der Waals surface area contributed by atoms with E-state index in [1.807, 2.05) is 0 Å². The second kappa shape index (κ2) is 6.36. The number of hydrogen-bond donors (Lipinski definition) is 1. The molecule has 0 aromatic rings. The van der Waals surface area contributed by atoms with Crippen molar-refractivity contribution in [2.75, 3.05) is 46.3 Å². The van der Waals surface area contributed by atoms with E-state index in [1.54, 1.807) is 0 Å². The second-order valence-electron chi connectivity index (χ2n) is 6.86. The topological polar surface area (TPSA) is 18.5 Å². The largest absolute Gasteiger partial charge is 0.314 e. The van der Waals surface area contributed by atoms with Gasteiger partial charge in [0.15, 0.2) is 0 Å². The molecule has 0 aromatic heterocycles. The Morgan fingerprint density at radius 3 is 2.44 bits per heavy atom. The molecule has 0 radical (unpaired) electrons. The van der Waals surface area contributed by atoms with Gasteiger partial charge in [-0.1, -0.05) is 6.42 Å². The lowest BCUT2D eigenvalue weighted by molar-refractivity contribution is 0.0818. The molecule has 0 aromatic carbocycles. The lowest BCUT2D eigenvalue weighted by Crippen LogP contribution is -2.54. The number of piperazine rings is 1. The molecular weight excluding hydrogens is 222 g/mol. The summed E-state index contributed by atoms with van der Waals surface area (Å²) in [6.07, 6.45) is 5.68. The molecule has 1 aliphatic heterocycles. The molecule has 0 amide bonds. The molecule has 1 N–H and O–H groups in total. The van der Waals surface area contributed by atoms with Gasteiger partial charge in [0.2, 0.25) is 0 Å². The minimum absolute atomic E-state index is 0.357. The maximum absolute atomic E-state index is 3.44. The molecule has 1 aliphatic carbocycles. The fourth-order valence-electron chi connectivity index (χ4n) is 3.10. The molecule has 1 heterocycles. The Morgan fingerprint density at radius 1 is 1.22 bits per heavy atom. The molecule has 0 bridgehead atoms. The van der Waals surface area contributed by atoms with Crippen molar-refractivity contribution in [2.24, 2.45) is 5.92 Å². The first-order valence-electron chi connectivity index (χ1n) is 7.72. The van der Waals surface area contributed by atoms with Crippen molar-refractivity contribution >= 4 is 0 Å². The van der Waals surface area contributed by atoms with Crippen LogP contribution in [0.1, 0.15) is 39.5 Å². The number of nitrogens with zero attached hydrogens (tertiary/aromatic N) is 2. The maximum atomic E-state index is 3.44. The van der Waals surface area contributed by atoms with Gasteiger partial charge in [-0.3, -0.25) is 4.90 Å². The van der Waals surface area contributed by atoms with Crippen LogP contribution in [0.3, 0.4) is 0 Å². The summed E-state index contributed by atoms with van der Waals surface area (Å²) >= 11 is 0. The molecule has 3 heteroatoms. The molecule has 1 saturated heterocycles. The zero-order chi connectivity index (χ0) is 13.0. The second-order valence-corrected chi connectivity index (χ2v) is 6.86. The predicted molar refractivity (Wildman–Crippen MR) is 78.0 cm³/mol. The molecule has 2 rings (SSSR count). The minimum Gasteiger partial charge on any atom is -0.314 e. The summed E-state index contributed by atoms with van der Waals surface area (Å²) in [5.41, 5.74) is 0.357. The summed E-state index contributed by atoms with van der Waals surface area (Å²) in [6.45, 7) is 12.1. The summed E-state index contributed by atoms with van der Waals surface area (Å²) in [4.78, 5) is 5.20. The summed E-state index contributed by atoms with van der Waals surface area (Å²) in [5, 5.41) is 3.44. The third-order valence-corrected chi connectivity index (χ3v) is 4.87. The fourth-order valence-corrected chi connectivity index (χ4v) is 3.10. The molecule has 0 atom stereocenters. The van der Waals surface area contributed by atoms with E-state index in [4.69, 9.17) is 0 Å². The fraction of sp³-hybridized carbons (Fsp3) is 1.00. The van der Waals surface area contributed by atoms with E-state index in [9.17, 15) is 0 Å². The van der Waals surface area contributed by atoms with Crippen LogP contribution in [0.25, 0.3) is 0 Å². The smallest absolute Gasteiger partial charge is 0.0166 e. The Morgan fingerprint density at radius 2 is 1.89 bits per heavy atom. The SMILES string of the molecule is CN(CCC(C)(C)N1CCNCC1)CC1CCC1. The van der Waals surface area contributed by atoms with Gasteiger partial charge in [-0.15, -0.1) is 0 Å². The number of rotatable bonds is 6. The predicted octanol–water partition coefficient (Wildman–Crippen LogP) is 1.79. The lowest BCUT2D eigenvalue weighted by Gasteiger charge is -2.42. The van der Waals surface area contributed by atoms with E-state index < -0.39 is 0 Å². The average Bonchev–Trinajstić information content (AvgIpc) is 2.33. The van der Waals surface area contributed by atoms with Gasteiger partial charge in [-0.25, -0.2) is 0 Å². The first-order chi connectivity index (χ1) is 8.58. The van der Waals surface area contributed by atoms with Crippen molar-refractivity contribution in [3.05, 3.63) is 0 Å². The van der Waals surface area contributed by atoms with Crippen molar-refractivity contribution in [1.29, 1.82) is 0 Å². The Labute approximate surface area is 113 Å². The van der Waals surface area contributed by atoms with Gasteiger partial charge >= 0.3 is 0 Å². The van der Waals surface area contributed by atoms with E-state index in [2.05, 4.69) is 36.0 Å². The van der Waals surface area contributed by atoms with Crippen molar-refractivity contribution in [1.82, 2.24) is 15.1 Å². The molecule has 0 spiro atoms. The zero-order valence-corrected chi connectivity index (χ0v) is 12.5. The Kier molecular flexibility index (Phi) is 5.05. The normalized spacial score (nSPS) is 23.3. The van der Waals surface area contributed by atoms with Crippen molar-refractivity contribution < 1.29 is 0 Å². The van der Waals surface area contributed by atoms with E-state index in [0.717, 1.165) is 19.0 Å². The van der Waals surface area contributed by atoms with E-state index in [-0.39, 0.29) is 0 Å². The first-order valence-corrected chi connectivity index (χ1v) is 7.72. The van der Waals surface area contributed by atoms with E-state index in [0.29, 0.717) is 5.54 Å². The quantitative estimate of drug-likeness (QED) is 0.778. The third-order valence-electron chi connectivity index (χ3n) is 4.87. The summed E-state index contributed by atoms with van der Waals surface area (Å²) in [6, 6.07) is 0. The van der Waals surface area contributed by atoms with Gasteiger partial charge < -0.3 is 10.2 Å². The van der Waals surface area contributed by atoms with Gasteiger partial charge in [0.05, 0.1) is 0 Å². The van der Waals surface area contributed by atoms with E-state index in [1.165, 1.54) is 51.9 Å². The molecule has 0 unspecified atom stereocenters. The maximum Gasteiger partial charge on any atom is 0.0166 e. The monoisotopic (exact) mass is 253 g/mol. The molecular formula is C15H31N3. The van der Waals surface area contributed by atoms with Crippen LogP contribution < -0.4 is 5.32 Å².